The normalized spacial score (nSPS) is 26.8. The van der Waals surface area contributed by atoms with Gasteiger partial charge in [-0.1, -0.05) is 30.3 Å². The Morgan fingerprint density at radius 1 is 1.30 bits per heavy atom. The molecule has 0 aromatic heterocycles. The molecule has 0 amide bonds. The molecule has 1 saturated carbocycles. The third kappa shape index (κ3) is 4.79. The van der Waals surface area contributed by atoms with E-state index >= 15 is 0 Å². The molecule has 0 radical (unpaired) electrons. The highest BCUT2D eigenvalue weighted by molar-refractivity contribution is 5.67. The molecule has 1 aromatic carbocycles. The Labute approximate surface area is 138 Å². The van der Waals surface area contributed by atoms with Gasteiger partial charge in [-0.2, -0.15) is 0 Å². The van der Waals surface area contributed by atoms with Crippen molar-refractivity contribution in [2.24, 2.45) is 11.8 Å². The van der Waals surface area contributed by atoms with Gasteiger partial charge >= 0.3 is 5.97 Å². The molecule has 4 nitrogen and oxygen atoms in total. The maximum absolute atomic E-state index is 11.1. The molecule has 1 aromatic rings. The summed E-state index contributed by atoms with van der Waals surface area (Å²) in [6.07, 6.45) is 3.93. The van der Waals surface area contributed by atoms with Crippen LogP contribution in [0.3, 0.4) is 0 Å². The van der Waals surface area contributed by atoms with Crippen LogP contribution in [0.1, 0.15) is 38.2 Å². The molecule has 2 fully saturated rings. The molecule has 3 unspecified atom stereocenters. The first-order valence-electron chi connectivity index (χ1n) is 8.85. The Balaban J connectivity index is 1.59. The van der Waals surface area contributed by atoms with Gasteiger partial charge in [0.05, 0.1) is 0 Å². The summed E-state index contributed by atoms with van der Waals surface area (Å²) in [5.74, 6) is 0.418. The van der Waals surface area contributed by atoms with Crippen molar-refractivity contribution < 1.29 is 9.90 Å². The summed E-state index contributed by atoms with van der Waals surface area (Å²) in [4.78, 5) is 13.7. The molecule has 4 heteroatoms. The minimum absolute atomic E-state index is 0.260. The molecule has 23 heavy (non-hydrogen) atoms. The lowest BCUT2D eigenvalue weighted by Gasteiger charge is -2.41. The van der Waals surface area contributed by atoms with Gasteiger partial charge in [0, 0.05) is 38.1 Å². The average Bonchev–Trinajstić information content (AvgIpc) is 3.37. The molecule has 1 aliphatic carbocycles. The van der Waals surface area contributed by atoms with Crippen LogP contribution in [-0.2, 0) is 11.3 Å². The number of hydrogen-bond acceptors (Lipinski definition) is 3. The number of carboxylic acids is 1. The first kappa shape index (κ1) is 16.5. The van der Waals surface area contributed by atoms with Crippen molar-refractivity contribution in [3.8, 4) is 0 Å². The summed E-state index contributed by atoms with van der Waals surface area (Å²) in [6.45, 7) is 5.15. The molecule has 1 heterocycles. The first-order valence-corrected chi connectivity index (χ1v) is 8.85. The van der Waals surface area contributed by atoms with E-state index in [4.69, 9.17) is 5.11 Å². The van der Waals surface area contributed by atoms with Crippen molar-refractivity contribution in [1.29, 1.82) is 0 Å². The number of nitrogens with zero attached hydrogens (tertiary/aromatic N) is 1. The highest BCUT2D eigenvalue weighted by Gasteiger charge is 2.37. The third-order valence-corrected chi connectivity index (χ3v) is 5.35. The molecule has 3 atom stereocenters. The molecule has 126 valence electrons. The lowest BCUT2D eigenvalue weighted by atomic mass is 9.90. The monoisotopic (exact) mass is 316 g/mol. The van der Waals surface area contributed by atoms with Gasteiger partial charge in [-0.25, -0.2) is 0 Å². The Morgan fingerprint density at radius 2 is 2.04 bits per heavy atom. The topological polar surface area (TPSA) is 52.6 Å². The first-order chi connectivity index (χ1) is 11.1. The molecule has 3 rings (SSSR count). The second-order valence-corrected chi connectivity index (χ2v) is 7.29. The van der Waals surface area contributed by atoms with E-state index < -0.39 is 5.97 Å². The average molecular weight is 316 g/mol. The Hall–Kier alpha value is -1.39. The lowest BCUT2D eigenvalue weighted by molar-refractivity contribution is -0.138. The summed E-state index contributed by atoms with van der Waals surface area (Å²) in [6, 6.07) is 11.4. The minimum atomic E-state index is -0.669. The van der Waals surface area contributed by atoms with Crippen LogP contribution < -0.4 is 5.32 Å². The van der Waals surface area contributed by atoms with E-state index in [9.17, 15) is 4.79 Å². The Morgan fingerprint density at radius 3 is 2.70 bits per heavy atom. The van der Waals surface area contributed by atoms with Gasteiger partial charge in [-0.15, -0.1) is 0 Å². The minimum Gasteiger partial charge on any atom is -0.481 e. The fourth-order valence-corrected chi connectivity index (χ4v) is 3.85. The summed E-state index contributed by atoms with van der Waals surface area (Å²) in [5.41, 5.74) is 1.29. The second-order valence-electron chi connectivity index (χ2n) is 7.29. The van der Waals surface area contributed by atoms with Gasteiger partial charge in [-0.05, 0) is 43.6 Å². The largest absolute Gasteiger partial charge is 0.481 e. The molecule has 1 saturated heterocycles. The quantitative estimate of drug-likeness (QED) is 0.812. The zero-order chi connectivity index (χ0) is 16.2. The van der Waals surface area contributed by atoms with Gasteiger partial charge in [0.2, 0.25) is 0 Å². The smallest absolute Gasteiger partial charge is 0.303 e. The van der Waals surface area contributed by atoms with Crippen LogP contribution in [0.25, 0.3) is 0 Å². The van der Waals surface area contributed by atoms with Crippen LogP contribution in [0.4, 0.5) is 0 Å². The number of aliphatic carboxylic acids is 1. The van der Waals surface area contributed by atoms with Crippen molar-refractivity contribution in [1.82, 2.24) is 10.2 Å². The third-order valence-electron chi connectivity index (χ3n) is 5.35. The van der Waals surface area contributed by atoms with E-state index in [1.807, 2.05) is 6.07 Å². The summed E-state index contributed by atoms with van der Waals surface area (Å²) in [5, 5.41) is 12.8. The zero-order valence-electron chi connectivity index (χ0n) is 13.9. The van der Waals surface area contributed by atoms with E-state index in [2.05, 4.69) is 41.4 Å². The molecular weight excluding hydrogens is 288 g/mol. The summed E-state index contributed by atoms with van der Waals surface area (Å²) >= 11 is 0. The van der Waals surface area contributed by atoms with Gasteiger partial charge in [0.25, 0.3) is 0 Å². The zero-order valence-corrected chi connectivity index (χ0v) is 13.9. The van der Waals surface area contributed by atoms with Gasteiger partial charge in [0.1, 0.15) is 0 Å². The maximum atomic E-state index is 11.1. The van der Waals surface area contributed by atoms with Crippen LogP contribution in [0, 0.1) is 11.8 Å². The fraction of sp³-hybridized carbons (Fsp3) is 0.632. The van der Waals surface area contributed by atoms with Crippen LogP contribution in [0.2, 0.25) is 0 Å². The van der Waals surface area contributed by atoms with E-state index in [0.717, 1.165) is 32.0 Å². The van der Waals surface area contributed by atoms with Crippen molar-refractivity contribution in [3.05, 3.63) is 35.9 Å². The number of carbonyl (C=O) groups is 1. The molecule has 0 bridgehead atoms. The van der Waals surface area contributed by atoms with Gasteiger partial charge < -0.3 is 10.4 Å². The van der Waals surface area contributed by atoms with Gasteiger partial charge in [-0.3, -0.25) is 9.69 Å². The number of nitrogens with one attached hydrogen (secondary N) is 1. The standard InChI is InChI=1S/C19H28N2O2/c1-14(17-7-8-17)21-12-16(10-19(22)23)9-18(13-21)20-11-15-5-3-2-4-6-15/h2-6,14,16-18,20H,7-13H2,1H3,(H,22,23). The predicted octanol–water partition coefficient (Wildman–Crippen LogP) is 2.74. The summed E-state index contributed by atoms with van der Waals surface area (Å²) < 4.78 is 0. The maximum Gasteiger partial charge on any atom is 0.303 e. The van der Waals surface area contributed by atoms with Crippen LogP contribution >= 0.6 is 0 Å². The van der Waals surface area contributed by atoms with Crippen molar-refractivity contribution >= 4 is 5.97 Å². The van der Waals surface area contributed by atoms with E-state index in [0.29, 0.717) is 12.1 Å². The molecule has 1 aliphatic heterocycles. The van der Waals surface area contributed by atoms with Crippen LogP contribution in [0.15, 0.2) is 30.3 Å². The van der Waals surface area contributed by atoms with Crippen LogP contribution in [-0.4, -0.2) is 41.1 Å². The molecule has 2 aliphatic rings. The summed E-state index contributed by atoms with van der Waals surface area (Å²) in [7, 11) is 0. The van der Waals surface area contributed by atoms with E-state index in [-0.39, 0.29) is 12.3 Å². The number of benzene rings is 1. The number of likely N-dealkylation sites (tertiary alicyclic amines) is 1. The van der Waals surface area contributed by atoms with Gasteiger partial charge in [0.15, 0.2) is 0 Å². The van der Waals surface area contributed by atoms with Crippen molar-refractivity contribution in [3.63, 3.8) is 0 Å². The molecule has 0 spiro atoms. The number of carboxylic acid groups (broad SMARTS) is 1. The Bertz CT molecular complexity index is 515. The lowest BCUT2D eigenvalue weighted by Crippen LogP contribution is -2.52. The molecule has 2 N–H and O–H groups in total. The fourth-order valence-electron chi connectivity index (χ4n) is 3.85. The second kappa shape index (κ2) is 7.45. The van der Waals surface area contributed by atoms with Crippen molar-refractivity contribution in [2.45, 2.75) is 51.2 Å². The van der Waals surface area contributed by atoms with Crippen LogP contribution in [0.5, 0.6) is 0 Å². The number of rotatable bonds is 7. The molecular formula is C19H28N2O2. The van der Waals surface area contributed by atoms with Crippen molar-refractivity contribution in [2.75, 3.05) is 13.1 Å². The van der Waals surface area contributed by atoms with E-state index in [1.165, 1.54) is 18.4 Å². The number of piperidine rings is 1. The van der Waals surface area contributed by atoms with E-state index in [1.54, 1.807) is 0 Å². The highest BCUT2D eigenvalue weighted by atomic mass is 16.4. The predicted molar refractivity (Wildman–Crippen MR) is 91.2 cm³/mol. The number of hydrogen-bond donors (Lipinski definition) is 2. The SMILES string of the molecule is CC(C1CC1)N1CC(CC(=O)O)CC(NCc2ccccc2)C1. The Kier molecular flexibility index (Phi) is 5.34. The highest BCUT2D eigenvalue weighted by Crippen LogP contribution is 2.37.